The van der Waals surface area contributed by atoms with E-state index in [9.17, 15) is 9.59 Å². The second-order valence-corrected chi connectivity index (χ2v) is 6.35. The maximum absolute atomic E-state index is 12.8. The van der Waals surface area contributed by atoms with Crippen LogP contribution in [0.3, 0.4) is 0 Å². The highest BCUT2D eigenvalue weighted by molar-refractivity contribution is 6.06. The van der Waals surface area contributed by atoms with Gasteiger partial charge in [0.25, 0.3) is 11.8 Å². The third-order valence-electron chi connectivity index (χ3n) is 4.00. The second kappa shape index (κ2) is 6.83. The predicted molar refractivity (Wildman–Crippen MR) is 93.2 cm³/mol. The van der Waals surface area contributed by atoms with Gasteiger partial charge in [0.2, 0.25) is 0 Å². The first-order chi connectivity index (χ1) is 11.6. The highest BCUT2D eigenvalue weighted by Gasteiger charge is 2.26. The van der Waals surface area contributed by atoms with E-state index in [0.29, 0.717) is 24.7 Å². The first kappa shape index (κ1) is 16.2. The van der Waals surface area contributed by atoms with Gasteiger partial charge >= 0.3 is 0 Å². The van der Waals surface area contributed by atoms with Crippen LogP contribution < -0.4 is 10.2 Å². The first-order valence-electron chi connectivity index (χ1n) is 8.21. The molecule has 0 unspecified atom stereocenters. The van der Waals surface area contributed by atoms with Crippen molar-refractivity contribution in [2.45, 2.75) is 20.3 Å². The van der Waals surface area contributed by atoms with Crippen molar-refractivity contribution in [3.05, 3.63) is 59.4 Å². The average molecular weight is 323 g/mol. The van der Waals surface area contributed by atoms with Crippen LogP contribution in [0.2, 0.25) is 0 Å². The van der Waals surface area contributed by atoms with Crippen molar-refractivity contribution in [3.63, 3.8) is 0 Å². The largest absolute Gasteiger partial charge is 0.350 e. The van der Waals surface area contributed by atoms with Crippen LogP contribution in [-0.4, -0.2) is 29.9 Å². The van der Waals surface area contributed by atoms with Crippen molar-refractivity contribution >= 4 is 17.5 Å². The number of hydrogen-bond acceptors (Lipinski definition) is 3. The zero-order valence-electron chi connectivity index (χ0n) is 14.0. The van der Waals surface area contributed by atoms with Gasteiger partial charge in [0.1, 0.15) is 11.4 Å². The maximum atomic E-state index is 12.8. The molecule has 0 saturated heterocycles. The minimum absolute atomic E-state index is 0.168. The van der Waals surface area contributed by atoms with E-state index in [1.807, 2.05) is 38.1 Å². The number of fused-ring (bicyclic) bond motifs is 1. The molecule has 1 aromatic heterocycles. The number of hydrogen-bond donors (Lipinski definition) is 1. The van der Waals surface area contributed by atoms with E-state index in [1.54, 1.807) is 23.1 Å². The molecule has 2 amide bonds. The van der Waals surface area contributed by atoms with E-state index in [4.69, 9.17) is 0 Å². The van der Waals surface area contributed by atoms with Crippen molar-refractivity contribution in [3.8, 4) is 0 Å². The van der Waals surface area contributed by atoms with Gasteiger partial charge in [-0.05, 0) is 36.1 Å². The molecule has 3 rings (SSSR count). The number of carbonyl (C=O) groups is 2. The van der Waals surface area contributed by atoms with Crippen LogP contribution in [0.5, 0.6) is 0 Å². The Morgan fingerprint density at radius 2 is 1.88 bits per heavy atom. The van der Waals surface area contributed by atoms with Crippen LogP contribution in [0.1, 0.15) is 40.4 Å². The summed E-state index contributed by atoms with van der Waals surface area (Å²) >= 11 is 0. The normalized spacial score (nSPS) is 13.0. The van der Waals surface area contributed by atoms with Crippen molar-refractivity contribution < 1.29 is 9.59 Å². The van der Waals surface area contributed by atoms with Gasteiger partial charge in [-0.2, -0.15) is 0 Å². The van der Waals surface area contributed by atoms with E-state index in [2.05, 4.69) is 10.3 Å². The number of anilines is 1. The van der Waals surface area contributed by atoms with E-state index in [-0.39, 0.29) is 17.5 Å². The zero-order chi connectivity index (χ0) is 17.1. The monoisotopic (exact) mass is 323 g/mol. The van der Waals surface area contributed by atoms with Crippen LogP contribution in [0.4, 0.5) is 5.69 Å². The number of carbonyl (C=O) groups excluding carboxylic acids is 2. The molecule has 1 aromatic carbocycles. The summed E-state index contributed by atoms with van der Waals surface area (Å²) < 4.78 is 0. The lowest BCUT2D eigenvalue weighted by molar-refractivity contribution is 0.0943. The lowest BCUT2D eigenvalue weighted by atomic mass is 10.2. The average Bonchev–Trinajstić information content (AvgIpc) is 3.03. The smallest absolute Gasteiger partial charge is 0.276 e. The molecule has 0 saturated carbocycles. The van der Waals surface area contributed by atoms with Crippen molar-refractivity contribution in [1.82, 2.24) is 10.3 Å². The Hall–Kier alpha value is -2.69. The van der Waals surface area contributed by atoms with Gasteiger partial charge in [-0.25, -0.2) is 4.98 Å². The molecule has 0 atom stereocenters. The van der Waals surface area contributed by atoms with Crippen molar-refractivity contribution in [2.75, 3.05) is 18.0 Å². The van der Waals surface area contributed by atoms with Crippen LogP contribution in [0.15, 0.2) is 42.5 Å². The van der Waals surface area contributed by atoms with Gasteiger partial charge in [-0.3, -0.25) is 9.59 Å². The molecule has 2 heterocycles. The summed E-state index contributed by atoms with van der Waals surface area (Å²) in [7, 11) is 0. The number of pyridine rings is 1. The number of nitrogens with zero attached hydrogens (tertiary/aromatic N) is 2. The number of benzene rings is 1. The van der Waals surface area contributed by atoms with Crippen LogP contribution in [0.25, 0.3) is 0 Å². The summed E-state index contributed by atoms with van der Waals surface area (Å²) in [6.45, 7) is 5.28. The molecular formula is C19H21N3O2. The number of para-hydroxylation sites is 1. The summed E-state index contributed by atoms with van der Waals surface area (Å²) in [6.07, 6.45) is 0.844. The maximum Gasteiger partial charge on any atom is 0.276 e. The Kier molecular flexibility index (Phi) is 4.60. The molecule has 24 heavy (non-hydrogen) atoms. The molecule has 5 heteroatoms. The quantitative estimate of drug-likeness (QED) is 0.941. The van der Waals surface area contributed by atoms with Crippen LogP contribution >= 0.6 is 0 Å². The van der Waals surface area contributed by atoms with Crippen molar-refractivity contribution in [2.24, 2.45) is 5.92 Å². The summed E-state index contributed by atoms with van der Waals surface area (Å²) in [4.78, 5) is 30.9. The number of aromatic nitrogens is 1. The molecule has 1 N–H and O–H groups in total. The fourth-order valence-corrected chi connectivity index (χ4v) is 2.76. The Labute approximate surface area is 141 Å². The molecule has 1 aliphatic rings. The molecule has 2 aromatic rings. The predicted octanol–water partition coefficient (Wildman–Crippen LogP) is 2.67. The molecule has 0 fully saturated rings. The SMILES string of the molecule is CC(C)CNC(=O)c1cccc(C(=O)N2CCc3ccccc32)n1. The molecule has 1 aliphatic heterocycles. The Balaban J connectivity index is 1.79. The fraction of sp³-hybridized carbons (Fsp3) is 0.316. The third-order valence-corrected chi connectivity index (χ3v) is 4.00. The summed E-state index contributed by atoms with van der Waals surface area (Å²) in [5, 5.41) is 2.82. The number of rotatable bonds is 4. The Morgan fingerprint density at radius 3 is 2.67 bits per heavy atom. The second-order valence-electron chi connectivity index (χ2n) is 6.35. The Morgan fingerprint density at radius 1 is 1.12 bits per heavy atom. The lowest BCUT2D eigenvalue weighted by Gasteiger charge is -2.17. The van der Waals surface area contributed by atoms with Gasteiger partial charge in [0, 0.05) is 18.8 Å². The fourth-order valence-electron chi connectivity index (χ4n) is 2.76. The first-order valence-corrected chi connectivity index (χ1v) is 8.21. The van der Waals surface area contributed by atoms with E-state index in [0.717, 1.165) is 17.7 Å². The van der Waals surface area contributed by atoms with E-state index < -0.39 is 0 Å². The lowest BCUT2D eigenvalue weighted by Crippen LogP contribution is -2.31. The third kappa shape index (κ3) is 3.30. The molecule has 0 radical (unpaired) electrons. The molecule has 0 bridgehead atoms. The summed E-state index contributed by atoms with van der Waals surface area (Å²) in [5.41, 5.74) is 2.66. The topological polar surface area (TPSA) is 62.3 Å². The van der Waals surface area contributed by atoms with Gasteiger partial charge in [0.05, 0.1) is 0 Å². The molecule has 124 valence electrons. The van der Waals surface area contributed by atoms with Crippen molar-refractivity contribution in [1.29, 1.82) is 0 Å². The molecule has 0 aliphatic carbocycles. The molecule has 0 spiro atoms. The highest BCUT2D eigenvalue weighted by Crippen LogP contribution is 2.28. The zero-order valence-corrected chi connectivity index (χ0v) is 14.0. The van der Waals surface area contributed by atoms with E-state index in [1.165, 1.54) is 0 Å². The van der Waals surface area contributed by atoms with Gasteiger partial charge < -0.3 is 10.2 Å². The van der Waals surface area contributed by atoms with Crippen LogP contribution in [0, 0.1) is 5.92 Å². The summed E-state index contributed by atoms with van der Waals surface area (Å²) in [6, 6.07) is 12.9. The standard InChI is InChI=1S/C19H21N3O2/c1-13(2)12-20-18(23)15-7-5-8-16(21-15)19(24)22-11-10-14-6-3-4-9-17(14)22/h3-9,13H,10-12H2,1-2H3,(H,20,23). The Bertz CT molecular complexity index is 771. The molecule has 5 nitrogen and oxygen atoms in total. The van der Waals surface area contributed by atoms with Crippen LogP contribution in [-0.2, 0) is 6.42 Å². The molecular weight excluding hydrogens is 302 g/mol. The van der Waals surface area contributed by atoms with Gasteiger partial charge in [0.15, 0.2) is 0 Å². The number of nitrogens with one attached hydrogen (secondary N) is 1. The number of amides is 2. The highest BCUT2D eigenvalue weighted by atomic mass is 16.2. The summed E-state index contributed by atoms with van der Waals surface area (Å²) in [5.74, 6) is -0.0569. The van der Waals surface area contributed by atoms with Gasteiger partial charge in [-0.15, -0.1) is 0 Å². The minimum Gasteiger partial charge on any atom is -0.350 e. The van der Waals surface area contributed by atoms with Gasteiger partial charge in [-0.1, -0.05) is 38.1 Å². The van der Waals surface area contributed by atoms with E-state index >= 15 is 0 Å². The minimum atomic E-state index is -0.250.